The molecule has 5 heteroatoms. The molecule has 0 spiro atoms. The van der Waals surface area contributed by atoms with Gasteiger partial charge in [-0.2, -0.15) is 5.10 Å². The number of aromatic nitrogens is 2. The van der Waals surface area contributed by atoms with Gasteiger partial charge in [0.15, 0.2) is 0 Å². The highest BCUT2D eigenvalue weighted by Gasteiger charge is 2.15. The van der Waals surface area contributed by atoms with E-state index >= 15 is 0 Å². The maximum Gasteiger partial charge on any atom is 0.0918 e. The van der Waals surface area contributed by atoms with Crippen LogP contribution in [-0.4, -0.2) is 33.1 Å². The van der Waals surface area contributed by atoms with Crippen molar-refractivity contribution in [2.75, 3.05) is 6.54 Å². The smallest absolute Gasteiger partial charge is 0.0918 e. The second-order valence-electron chi connectivity index (χ2n) is 5.43. The first-order chi connectivity index (χ1) is 9.49. The van der Waals surface area contributed by atoms with Gasteiger partial charge in [-0.3, -0.25) is 15.0 Å². The summed E-state index contributed by atoms with van der Waals surface area (Å²) in [5, 5.41) is 13.2. The van der Waals surface area contributed by atoms with Crippen molar-refractivity contribution < 1.29 is 0 Å². The van der Waals surface area contributed by atoms with Crippen LogP contribution < -0.4 is 5.73 Å². The first-order valence-electron chi connectivity index (χ1n) is 6.96. The summed E-state index contributed by atoms with van der Waals surface area (Å²) in [4.78, 5) is 2.30. The Morgan fingerprint density at radius 2 is 2.10 bits per heavy atom. The van der Waals surface area contributed by atoms with Crippen LogP contribution in [0.3, 0.4) is 0 Å². The Labute approximate surface area is 119 Å². The lowest BCUT2D eigenvalue weighted by Gasteiger charge is -2.25. The third-order valence-corrected chi connectivity index (χ3v) is 3.59. The van der Waals surface area contributed by atoms with Gasteiger partial charge in [0.2, 0.25) is 0 Å². The molecule has 0 aliphatic heterocycles. The molecule has 0 aliphatic rings. The van der Waals surface area contributed by atoms with Gasteiger partial charge in [0.05, 0.1) is 17.0 Å². The lowest BCUT2D eigenvalue weighted by molar-refractivity contribution is 0.216. The molecule has 3 N–H and O–H groups in total. The van der Waals surface area contributed by atoms with Gasteiger partial charge in [0.1, 0.15) is 0 Å². The molecule has 0 saturated heterocycles. The van der Waals surface area contributed by atoms with Gasteiger partial charge in [-0.25, -0.2) is 0 Å². The standard InChI is InChI=1S/C15H23N5/c1-11(2)20(9-8-15(16)17)10-13-12-6-4-5-7-14(12)19(3)18-13/h4-7,11H,8-10H2,1-3H3,(H3,16,17). The molecule has 1 aromatic heterocycles. The summed E-state index contributed by atoms with van der Waals surface area (Å²) in [6, 6.07) is 8.67. The molecule has 0 bridgehead atoms. The molecule has 0 atom stereocenters. The van der Waals surface area contributed by atoms with Crippen LogP contribution in [0.15, 0.2) is 24.3 Å². The average molecular weight is 273 g/mol. The van der Waals surface area contributed by atoms with Crippen LogP contribution in [0.1, 0.15) is 26.0 Å². The molecule has 1 aromatic carbocycles. The lowest BCUT2D eigenvalue weighted by atomic mass is 10.2. The Bertz CT molecular complexity index is 599. The summed E-state index contributed by atoms with van der Waals surface area (Å²) in [5.41, 5.74) is 7.70. The summed E-state index contributed by atoms with van der Waals surface area (Å²) in [7, 11) is 1.97. The predicted octanol–water partition coefficient (Wildman–Crippen LogP) is 2.11. The number of nitrogens with zero attached hydrogens (tertiary/aromatic N) is 3. The molecular formula is C15H23N5. The minimum absolute atomic E-state index is 0.238. The maximum absolute atomic E-state index is 7.37. The summed E-state index contributed by atoms with van der Waals surface area (Å²) in [5.74, 6) is 0.238. The number of nitrogens with two attached hydrogens (primary N) is 1. The molecule has 2 aromatic rings. The molecule has 0 aliphatic carbocycles. The monoisotopic (exact) mass is 273 g/mol. The van der Waals surface area contributed by atoms with Crippen molar-refractivity contribution in [1.29, 1.82) is 5.41 Å². The zero-order chi connectivity index (χ0) is 14.7. The zero-order valence-corrected chi connectivity index (χ0v) is 12.4. The number of amidine groups is 1. The van der Waals surface area contributed by atoms with Crippen molar-refractivity contribution in [3.8, 4) is 0 Å². The predicted molar refractivity (Wildman–Crippen MR) is 82.8 cm³/mol. The van der Waals surface area contributed by atoms with E-state index in [-0.39, 0.29) is 5.84 Å². The Kier molecular flexibility index (Phi) is 4.39. The Hall–Kier alpha value is -1.88. The van der Waals surface area contributed by atoms with Crippen LogP contribution in [0, 0.1) is 5.41 Å². The molecule has 20 heavy (non-hydrogen) atoms. The van der Waals surface area contributed by atoms with Crippen molar-refractivity contribution in [3.63, 3.8) is 0 Å². The van der Waals surface area contributed by atoms with Gasteiger partial charge < -0.3 is 5.73 Å². The highest BCUT2D eigenvalue weighted by molar-refractivity contribution is 5.81. The van der Waals surface area contributed by atoms with E-state index in [1.54, 1.807) is 0 Å². The molecule has 0 unspecified atom stereocenters. The Balaban J connectivity index is 2.22. The number of benzene rings is 1. The van der Waals surface area contributed by atoms with Crippen LogP contribution in [0.4, 0.5) is 0 Å². The molecule has 0 fully saturated rings. The second-order valence-corrected chi connectivity index (χ2v) is 5.43. The van der Waals surface area contributed by atoms with Crippen molar-refractivity contribution in [2.45, 2.75) is 32.9 Å². The van der Waals surface area contributed by atoms with Crippen LogP contribution in [0.25, 0.3) is 10.9 Å². The molecule has 0 radical (unpaired) electrons. The van der Waals surface area contributed by atoms with Crippen LogP contribution in [0.5, 0.6) is 0 Å². The van der Waals surface area contributed by atoms with Crippen molar-refractivity contribution in [1.82, 2.24) is 14.7 Å². The van der Waals surface area contributed by atoms with Gasteiger partial charge in [0, 0.05) is 38.0 Å². The van der Waals surface area contributed by atoms with E-state index in [4.69, 9.17) is 11.1 Å². The largest absolute Gasteiger partial charge is 0.388 e. The fraction of sp³-hybridized carbons (Fsp3) is 0.467. The van der Waals surface area contributed by atoms with Crippen LogP contribution in [0.2, 0.25) is 0 Å². The summed E-state index contributed by atoms with van der Waals surface area (Å²) >= 11 is 0. The molecule has 2 rings (SSSR count). The molecular weight excluding hydrogens is 250 g/mol. The molecule has 5 nitrogen and oxygen atoms in total. The number of rotatable bonds is 6. The van der Waals surface area contributed by atoms with Gasteiger partial charge in [0.25, 0.3) is 0 Å². The lowest BCUT2D eigenvalue weighted by Crippen LogP contribution is -2.33. The highest BCUT2D eigenvalue weighted by atomic mass is 15.3. The molecule has 0 amide bonds. The third kappa shape index (κ3) is 3.17. The van der Waals surface area contributed by atoms with E-state index in [2.05, 4.69) is 36.0 Å². The van der Waals surface area contributed by atoms with Gasteiger partial charge >= 0.3 is 0 Å². The average Bonchev–Trinajstić information content (AvgIpc) is 2.71. The van der Waals surface area contributed by atoms with Crippen molar-refractivity contribution in [3.05, 3.63) is 30.0 Å². The second kappa shape index (κ2) is 6.05. The first-order valence-corrected chi connectivity index (χ1v) is 6.96. The van der Waals surface area contributed by atoms with E-state index in [1.807, 2.05) is 23.9 Å². The fourth-order valence-corrected chi connectivity index (χ4v) is 2.38. The Morgan fingerprint density at radius 1 is 1.40 bits per heavy atom. The summed E-state index contributed by atoms with van der Waals surface area (Å²) < 4.78 is 1.92. The normalized spacial score (nSPS) is 11.7. The minimum Gasteiger partial charge on any atom is -0.388 e. The molecule has 1 heterocycles. The van der Waals surface area contributed by atoms with Gasteiger partial charge in [-0.15, -0.1) is 0 Å². The first kappa shape index (κ1) is 14.5. The van der Waals surface area contributed by atoms with E-state index in [9.17, 15) is 0 Å². The quantitative estimate of drug-likeness (QED) is 0.625. The Morgan fingerprint density at radius 3 is 2.75 bits per heavy atom. The number of hydrogen-bond acceptors (Lipinski definition) is 3. The highest BCUT2D eigenvalue weighted by Crippen LogP contribution is 2.19. The maximum atomic E-state index is 7.37. The van der Waals surface area contributed by atoms with E-state index in [1.165, 1.54) is 5.39 Å². The van der Waals surface area contributed by atoms with E-state index in [0.717, 1.165) is 24.3 Å². The SMILES string of the molecule is CC(C)N(CCC(=N)N)Cc1nn(C)c2ccccc12. The number of para-hydroxylation sites is 1. The van der Waals surface area contributed by atoms with E-state index in [0.29, 0.717) is 12.5 Å². The number of hydrogen-bond donors (Lipinski definition) is 2. The van der Waals surface area contributed by atoms with Crippen LogP contribution >= 0.6 is 0 Å². The minimum atomic E-state index is 0.238. The van der Waals surface area contributed by atoms with E-state index < -0.39 is 0 Å². The number of nitrogens with one attached hydrogen (secondary N) is 1. The molecule has 0 saturated carbocycles. The zero-order valence-electron chi connectivity index (χ0n) is 12.4. The summed E-state index contributed by atoms with van der Waals surface area (Å²) in [6.45, 7) is 5.89. The molecule has 108 valence electrons. The fourth-order valence-electron chi connectivity index (χ4n) is 2.38. The topological polar surface area (TPSA) is 70.9 Å². The number of aryl methyl sites for hydroxylation is 1. The van der Waals surface area contributed by atoms with Gasteiger partial charge in [-0.1, -0.05) is 18.2 Å². The van der Waals surface area contributed by atoms with Crippen LogP contribution in [-0.2, 0) is 13.6 Å². The summed E-state index contributed by atoms with van der Waals surface area (Å²) in [6.07, 6.45) is 0.600. The van der Waals surface area contributed by atoms with Crippen molar-refractivity contribution >= 4 is 16.7 Å². The number of fused-ring (bicyclic) bond motifs is 1. The van der Waals surface area contributed by atoms with Crippen molar-refractivity contribution in [2.24, 2.45) is 12.8 Å². The third-order valence-electron chi connectivity index (χ3n) is 3.59. The van der Waals surface area contributed by atoms with Gasteiger partial charge in [-0.05, 0) is 19.9 Å².